The fourth-order valence-electron chi connectivity index (χ4n) is 1.71. The standard InChI is InChI=1S/C13H20BrFN2O/c1-3-17(4-2)9-11(18)8-16-13-6-5-10(14)7-12(13)15/h5-7,11,16,18H,3-4,8-9H2,1-2H3. The molecule has 0 aromatic heterocycles. The van der Waals surface area contributed by atoms with Gasteiger partial charge in [0.15, 0.2) is 0 Å². The number of rotatable bonds is 7. The van der Waals surface area contributed by atoms with Gasteiger partial charge in [0.2, 0.25) is 0 Å². The van der Waals surface area contributed by atoms with Crippen molar-refractivity contribution < 1.29 is 9.50 Å². The van der Waals surface area contributed by atoms with Crippen molar-refractivity contribution in [2.75, 3.05) is 31.5 Å². The summed E-state index contributed by atoms with van der Waals surface area (Å²) >= 11 is 3.20. The second kappa shape index (κ2) is 7.71. The van der Waals surface area contributed by atoms with Crippen molar-refractivity contribution in [1.82, 2.24) is 4.90 Å². The van der Waals surface area contributed by atoms with Gasteiger partial charge in [-0.3, -0.25) is 0 Å². The maximum Gasteiger partial charge on any atom is 0.147 e. The van der Waals surface area contributed by atoms with Crippen molar-refractivity contribution in [3.05, 3.63) is 28.5 Å². The SMILES string of the molecule is CCN(CC)CC(O)CNc1ccc(Br)cc1F. The molecule has 5 heteroatoms. The van der Waals surface area contributed by atoms with Crippen LogP contribution in [0.1, 0.15) is 13.8 Å². The smallest absolute Gasteiger partial charge is 0.147 e. The molecule has 3 nitrogen and oxygen atoms in total. The van der Waals surface area contributed by atoms with Crippen LogP contribution < -0.4 is 5.32 Å². The van der Waals surface area contributed by atoms with Crippen LogP contribution in [-0.2, 0) is 0 Å². The summed E-state index contributed by atoms with van der Waals surface area (Å²) in [4.78, 5) is 2.13. The number of aliphatic hydroxyl groups is 1. The third-order valence-electron chi connectivity index (χ3n) is 2.82. The zero-order chi connectivity index (χ0) is 13.5. The molecule has 0 heterocycles. The van der Waals surface area contributed by atoms with Crippen LogP contribution in [-0.4, -0.2) is 42.3 Å². The monoisotopic (exact) mass is 318 g/mol. The van der Waals surface area contributed by atoms with Crippen LogP contribution >= 0.6 is 15.9 Å². The minimum Gasteiger partial charge on any atom is -0.390 e. The summed E-state index contributed by atoms with van der Waals surface area (Å²) < 4.78 is 14.2. The van der Waals surface area contributed by atoms with Crippen molar-refractivity contribution >= 4 is 21.6 Å². The Labute approximate surface area is 116 Å². The zero-order valence-electron chi connectivity index (χ0n) is 10.8. The van der Waals surface area contributed by atoms with E-state index in [1.807, 2.05) is 0 Å². The molecule has 0 aliphatic heterocycles. The largest absolute Gasteiger partial charge is 0.390 e. The molecular formula is C13H20BrFN2O. The van der Waals surface area contributed by atoms with Crippen LogP contribution in [0.15, 0.2) is 22.7 Å². The number of anilines is 1. The second-order valence-electron chi connectivity index (χ2n) is 4.14. The van der Waals surface area contributed by atoms with Crippen LogP contribution in [0.3, 0.4) is 0 Å². The lowest BCUT2D eigenvalue weighted by Gasteiger charge is -2.22. The van der Waals surface area contributed by atoms with E-state index in [9.17, 15) is 9.50 Å². The normalized spacial score (nSPS) is 12.8. The molecule has 0 fully saturated rings. The summed E-state index contributed by atoms with van der Waals surface area (Å²) in [5.41, 5.74) is 0.414. The molecule has 0 aliphatic rings. The minimum absolute atomic E-state index is 0.320. The van der Waals surface area contributed by atoms with E-state index in [-0.39, 0.29) is 5.82 Å². The predicted octanol–water partition coefficient (Wildman–Crippen LogP) is 2.70. The maximum atomic E-state index is 13.5. The Morgan fingerprint density at radius 2 is 2.06 bits per heavy atom. The fourth-order valence-corrected chi connectivity index (χ4v) is 2.04. The highest BCUT2D eigenvalue weighted by atomic mass is 79.9. The molecule has 18 heavy (non-hydrogen) atoms. The Bertz CT molecular complexity index is 372. The number of hydrogen-bond donors (Lipinski definition) is 2. The number of halogens is 2. The van der Waals surface area contributed by atoms with Crippen LogP contribution in [0.4, 0.5) is 10.1 Å². The second-order valence-corrected chi connectivity index (χ2v) is 5.06. The molecule has 0 saturated heterocycles. The van der Waals surface area contributed by atoms with Gasteiger partial charge >= 0.3 is 0 Å². The number of likely N-dealkylation sites (N-methyl/N-ethyl adjacent to an activating group) is 1. The van der Waals surface area contributed by atoms with Gasteiger partial charge in [0, 0.05) is 17.6 Å². The van der Waals surface area contributed by atoms with Crippen LogP contribution in [0.25, 0.3) is 0 Å². The van der Waals surface area contributed by atoms with Crippen molar-refractivity contribution in [3.8, 4) is 0 Å². The van der Waals surface area contributed by atoms with E-state index >= 15 is 0 Å². The molecule has 1 atom stereocenters. The van der Waals surface area contributed by atoms with E-state index in [2.05, 4.69) is 40.0 Å². The average Bonchev–Trinajstić information content (AvgIpc) is 2.35. The first-order valence-electron chi connectivity index (χ1n) is 6.16. The van der Waals surface area contributed by atoms with Crippen molar-refractivity contribution in [1.29, 1.82) is 0 Å². The number of nitrogens with zero attached hydrogens (tertiary/aromatic N) is 1. The summed E-state index contributed by atoms with van der Waals surface area (Å²) in [6.07, 6.45) is -0.507. The Balaban J connectivity index is 2.44. The lowest BCUT2D eigenvalue weighted by atomic mass is 10.2. The number of benzene rings is 1. The Morgan fingerprint density at radius 1 is 1.39 bits per heavy atom. The molecule has 0 saturated carbocycles. The fraction of sp³-hybridized carbons (Fsp3) is 0.538. The van der Waals surface area contributed by atoms with Crippen LogP contribution in [0.2, 0.25) is 0 Å². The van der Waals surface area contributed by atoms with Gasteiger partial charge in [0.05, 0.1) is 11.8 Å². The van der Waals surface area contributed by atoms with E-state index in [1.165, 1.54) is 6.07 Å². The van der Waals surface area contributed by atoms with Crippen LogP contribution in [0.5, 0.6) is 0 Å². The first kappa shape index (κ1) is 15.4. The van der Waals surface area contributed by atoms with E-state index in [0.717, 1.165) is 13.1 Å². The van der Waals surface area contributed by atoms with E-state index in [0.29, 0.717) is 23.2 Å². The summed E-state index contributed by atoms with van der Waals surface area (Å²) in [5.74, 6) is -0.320. The zero-order valence-corrected chi connectivity index (χ0v) is 12.4. The first-order chi connectivity index (χ1) is 8.56. The van der Waals surface area contributed by atoms with Crippen LogP contribution in [0, 0.1) is 5.82 Å². The van der Waals surface area contributed by atoms with Gasteiger partial charge in [-0.2, -0.15) is 0 Å². The molecule has 0 amide bonds. The quantitative estimate of drug-likeness (QED) is 0.811. The summed E-state index contributed by atoms with van der Waals surface area (Å²) in [6, 6.07) is 4.82. The predicted molar refractivity (Wildman–Crippen MR) is 76.4 cm³/mol. The minimum atomic E-state index is -0.507. The first-order valence-corrected chi connectivity index (χ1v) is 6.95. The van der Waals surface area contributed by atoms with Gasteiger partial charge < -0.3 is 15.3 Å². The van der Waals surface area contributed by atoms with Gasteiger partial charge in [0.25, 0.3) is 0 Å². The molecule has 1 rings (SSSR count). The Kier molecular flexibility index (Phi) is 6.60. The highest BCUT2D eigenvalue weighted by Crippen LogP contribution is 2.19. The van der Waals surface area contributed by atoms with Gasteiger partial charge in [-0.15, -0.1) is 0 Å². The van der Waals surface area contributed by atoms with Gasteiger partial charge in [0.1, 0.15) is 5.82 Å². The van der Waals surface area contributed by atoms with E-state index in [4.69, 9.17) is 0 Å². The summed E-state index contributed by atoms with van der Waals surface area (Å²) in [7, 11) is 0. The lowest BCUT2D eigenvalue weighted by molar-refractivity contribution is 0.128. The number of aliphatic hydroxyl groups excluding tert-OH is 1. The van der Waals surface area contributed by atoms with Gasteiger partial charge in [-0.25, -0.2) is 4.39 Å². The van der Waals surface area contributed by atoms with Crippen molar-refractivity contribution in [2.45, 2.75) is 20.0 Å². The van der Waals surface area contributed by atoms with Crippen molar-refractivity contribution in [3.63, 3.8) is 0 Å². The Morgan fingerprint density at radius 3 is 2.61 bits per heavy atom. The molecule has 1 aromatic rings. The van der Waals surface area contributed by atoms with Gasteiger partial charge in [-0.1, -0.05) is 29.8 Å². The third-order valence-corrected chi connectivity index (χ3v) is 3.32. The lowest BCUT2D eigenvalue weighted by Crippen LogP contribution is -2.36. The topological polar surface area (TPSA) is 35.5 Å². The molecule has 1 aromatic carbocycles. The number of nitrogens with one attached hydrogen (secondary N) is 1. The summed E-state index contributed by atoms with van der Waals surface area (Å²) in [6.45, 7) is 6.85. The summed E-state index contributed by atoms with van der Waals surface area (Å²) in [5, 5.41) is 12.8. The molecule has 102 valence electrons. The third kappa shape index (κ3) is 4.92. The molecule has 2 N–H and O–H groups in total. The van der Waals surface area contributed by atoms with E-state index < -0.39 is 6.10 Å². The highest BCUT2D eigenvalue weighted by Gasteiger charge is 2.10. The highest BCUT2D eigenvalue weighted by molar-refractivity contribution is 9.10. The molecule has 0 radical (unpaired) electrons. The Hall–Kier alpha value is -0.650. The molecule has 1 unspecified atom stereocenters. The molecular weight excluding hydrogens is 299 g/mol. The van der Waals surface area contributed by atoms with E-state index in [1.54, 1.807) is 12.1 Å². The maximum absolute atomic E-state index is 13.5. The molecule has 0 bridgehead atoms. The average molecular weight is 319 g/mol. The molecule has 0 aliphatic carbocycles. The number of hydrogen-bond acceptors (Lipinski definition) is 3. The molecule has 0 spiro atoms. The van der Waals surface area contributed by atoms with Gasteiger partial charge in [-0.05, 0) is 31.3 Å². The van der Waals surface area contributed by atoms with Crippen molar-refractivity contribution in [2.24, 2.45) is 0 Å².